The van der Waals surface area contributed by atoms with Crippen LogP contribution in [-0.4, -0.2) is 17.0 Å². The Labute approximate surface area is 114 Å². The van der Waals surface area contributed by atoms with Crippen molar-refractivity contribution in [3.05, 3.63) is 41.7 Å². The van der Waals surface area contributed by atoms with Crippen LogP contribution in [0.2, 0.25) is 0 Å². The molecule has 0 bridgehead atoms. The molecule has 0 atom stereocenters. The van der Waals surface area contributed by atoms with Gasteiger partial charge in [-0.2, -0.15) is 0 Å². The lowest BCUT2D eigenvalue weighted by atomic mass is 10.1. The average molecular weight is 256 g/mol. The number of benzene rings is 1. The van der Waals surface area contributed by atoms with Crippen molar-refractivity contribution in [2.45, 2.75) is 26.7 Å². The van der Waals surface area contributed by atoms with E-state index in [-0.39, 0.29) is 0 Å². The molecule has 19 heavy (non-hydrogen) atoms. The molecule has 0 radical (unpaired) electrons. The van der Waals surface area contributed by atoms with E-state index in [1.165, 1.54) is 5.56 Å². The Morgan fingerprint density at radius 2 is 1.79 bits per heavy atom. The number of aryl methyl sites for hydroxylation is 2. The number of anilines is 3. The van der Waals surface area contributed by atoms with E-state index in [2.05, 4.69) is 52.6 Å². The summed E-state index contributed by atoms with van der Waals surface area (Å²) in [6.07, 6.45) is 1.85. The van der Waals surface area contributed by atoms with Gasteiger partial charge in [0.15, 0.2) is 0 Å². The monoisotopic (exact) mass is 256 g/mol. The lowest BCUT2D eigenvalue weighted by Gasteiger charge is -2.10. The summed E-state index contributed by atoms with van der Waals surface area (Å²) in [5.41, 5.74) is 2.37. The highest BCUT2D eigenvalue weighted by Gasteiger charge is 2.03. The van der Waals surface area contributed by atoms with Crippen molar-refractivity contribution >= 4 is 17.3 Å². The third-order valence-electron chi connectivity index (χ3n) is 2.95. The zero-order valence-electron chi connectivity index (χ0n) is 11.7. The fraction of sp³-hybridized carbons (Fsp3) is 0.333. The first-order valence-electron chi connectivity index (χ1n) is 6.66. The van der Waals surface area contributed by atoms with Crippen LogP contribution in [0, 0.1) is 0 Å². The molecule has 100 valence electrons. The molecule has 0 amide bonds. The normalized spacial score (nSPS) is 10.3. The maximum Gasteiger partial charge on any atom is 0.136 e. The highest BCUT2D eigenvalue weighted by molar-refractivity contribution is 5.59. The van der Waals surface area contributed by atoms with Crippen molar-refractivity contribution in [1.82, 2.24) is 9.97 Å². The molecular formula is C15H20N4. The molecule has 1 aromatic heterocycles. The molecule has 0 spiro atoms. The van der Waals surface area contributed by atoms with Gasteiger partial charge in [-0.1, -0.05) is 26.0 Å². The third-order valence-corrected chi connectivity index (χ3v) is 2.95. The summed E-state index contributed by atoms with van der Waals surface area (Å²) < 4.78 is 0. The van der Waals surface area contributed by atoms with E-state index in [0.29, 0.717) is 0 Å². The quantitative estimate of drug-likeness (QED) is 0.861. The van der Waals surface area contributed by atoms with Crippen LogP contribution in [0.15, 0.2) is 30.3 Å². The lowest BCUT2D eigenvalue weighted by Crippen LogP contribution is -2.03. The van der Waals surface area contributed by atoms with Crippen LogP contribution in [0.25, 0.3) is 0 Å². The van der Waals surface area contributed by atoms with Gasteiger partial charge in [0.25, 0.3) is 0 Å². The van der Waals surface area contributed by atoms with Gasteiger partial charge in [0.1, 0.15) is 17.5 Å². The van der Waals surface area contributed by atoms with Gasteiger partial charge in [0, 0.05) is 25.2 Å². The van der Waals surface area contributed by atoms with Gasteiger partial charge in [0.05, 0.1) is 0 Å². The fourth-order valence-electron chi connectivity index (χ4n) is 1.86. The molecule has 0 saturated carbocycles. The smallest absolute Gasteiger partial charge is 0.136 e. The standard InChI is InChI=1S/C15H20N4/c1-4-11-7-6-8-12(9-11)17-15-10-14(16-3)18-13(5-2)19-15/h6-10H,4-5H2,1-3H3,(H2,16,17,18,19). The van der Waals surface area contributed by atoms with Gasteiger partial charge in [0.2, 0.25) is 0 Å². The first-order valence-corrected chi connectivity index (χ1v) is 6.66. The Hall–Kier alpha value is -2.10. The van der Waals surface area contributed by atoms with Crippen LogP contribution >= 0.6 is 0 Å². The second kappa shape index (κ2) is 6.18. The minimum absolute atomic E-state index is 0.819. The molecule has 1 heterocycles. The van der Waals surface area contributed by atoms with Crippen LogP contribution in [-0.2, 0) is 12.8 Å². The molecular weight excluding hydrogens is 236 g/mol. The average Bonchev–Trinajstić information content (AvgIpc) is 2.47. The van der Waals surface area contributed by atoms with Crippen molar-refractivity contribution in [3.63, 3.8) is 0 Å². The molecule has 0 saturated heterocycles. The van der Waals surface area contributed by atoms with E-state index in [9.17, 15) is 0 Å². The Kier molecular flexibility index (Phi) is 4.34. The predicted molar refractivity (Wildman–Crippen MR) is 80.1 cm³/mol. The van der Waals surface area contributed by atoms with E-state index in [0.717, 1.165) is 36.0 Å². The van der Waals surface area contributed by atoms with Gasteiger partial charge in [-0.25, -0.2) is 9.97 Å². The molecule has 2 rings (SSSR count). The predicted octanol–water partition coefficient (Wildman–Crippen LogP) is 3.39. The second-order valence-corrected chi connectivity index (χ2v) is 4.34. The van der Waals surface area contributed by atoms with Crippen molar-refractivity contribution in [1.29, 1.82) is 0 Å². The van der Waals surface area contributed by atoms with E-state index < -0.39 is 0 Å². The van der Waals surface area contributed by atoms with Crippen molar-refractivity contribution < 1.29 is 0 Å². The summed E-state index contributed by atoms with van der Waals surface area (Å²) >= 11 is 0. The summed E-state index contributed by atoms with van der Waals surface area (Å²) in [7, 11) is 1.86. The van der Waals surface area contributed by atoms with Gasteiger partial charge in [-0.05, 0) is 24.1 Å². The van der Waals surface area contributed by atoms with Crippen LogP contribution in [0.4, 0.5) is 17.3 Å². The topological polar surface area (TPSA) is 49.8 Å². The van der Waals surface area contributed by atoms with E-state index >= 15 is 0 Å². The van der Waals surface area contributed by atoms with Gasteiger partial charge in [-0.15, -0.1) is 0 Å². The molecule has 4 nitrogen and oxygen atoms in total. The lowest BCUT2D eigenvalue weighted by molar-refractivity contribution is 0.944. The summed E-state index contributed by atoms with van der Waals surface area (Å²) in [5, 5.41) is 6.40. The Balaban J connectivity index is 2.26. The number of hydrogen-bond donors (Lipinski definition) is 2. The minimum Gasteiger partial charge on any atom is -0.373 e. The molecule has 0 aliphatic carbocycles. The molecule has 0 aliphatic rings. The largest absolute Gasteiger partial charge is 0.373 e. The van der Waals surface area contributed by atoms with Crippen molar-refractivity contribution in [2.75, 3.05) is 17.7 Å². The van der Waals surface area contributed by atoms with Gasteiger partial charge in [-0.3, -0.25) is 0 Å². The molecule has 4 heteroatoms. The molecule has 0 unspecified atom stereocenters. The molecule has 1 aromatic carbocycles. The summed E-state index contributed by atoms with van der Waals surface area (Å²) in [6, 6.07) is 10.3. The first-order chi connectivity index (χ1) is 9.25. The van der Waals surface area contributed by atoms with E-state index in [1.54, 1.807) is 0 Å². The second-order valence-electron chi connectivity index (χ2n) is 4.34. The first kappa shape index (κ1) is 13.3. The van der Waals surface area contributed by atoms with E-state index in [4.69, 9.17) is 0 Å². The van der Waals surface area contributed by atoms with Gasteiger partial charge < -0.3 is 10.6 Å². The number of nitrogens with zero attached hydrogens (tertiary/aromatic N) is 2. The summed E-state index contributed by atoms with van der Waals surface area (Å²) in [4.78, 5) is 8.87. The molecule has 2 N–H and O–H groups in total. The highest BCUT2D eigenvalue weighted by Crippen LogP contribution is 2.18. The van der Waals surface area contributed by atoms with Crippen LogP contribution < -0.4 is 10.6 Å². The van der Waals surface area contributed by atoms with Gasteiger partial charge >= 0.3 is 0 Å². The Morgan fingerprint density at radius 3 is 2.47 bits per heavy atom. The van der Waals surface area contributed by atoms with Crippen molar-refractivity contribution in [2.24, 2.45) is 0 Å². The third kappa shape index (κ3) is 3.44. The Bertz CT molecular complexity index is 529. The number of nitrogens with one attached hydrogen (secondary N) is 2. The highest BCUT2D eigenvalue weighted by atomic mass is 15.1. The summed E-state index contributed by atoms with van der Waals surface area (Å²) in [5.74, 6) is 2.49. The number of hydrogen-bond acceptors (Lipinski definition) is 4. The zero-order valence-corrected chi connectivity index (χ0v) is 11.7. The van der Waals surface area contributed by atoms with Crippen LogP contribution in [0.3, 0.4) is 0 Å². The minimum atomic E-state index is 0.819. The number of aromatic nitrogens is 2. The molecule has 0 fully saturated rings. The van der Waals surface area contributed by atoms with E-state index in [1.807, 2.05) is 19.2 Å². The molecule has 0 aliphatic heterocycles. The molecule has 2 aromatic rings. The zero-order chi connectivity index (χ0) is 13.7. The maximum absolute atomic E-state index is 4.49. The Morgan fingerprint density at radius 1 is 1.00 bits per heavy atom. The van der Waals surface area contributed by atoms with Crippen LogP contribution in [0.1, 0.15) is 25.2 Å². The van der Waals surface area contributed by atoms with Crippen molar-refractivity contribution in [3.8, 4) is 0 Å². The van der Waals surface area contributed by atoms with Crippen LogP contribution in [0.5, 0.6) is 0 Å². The fourth-order valence-corrected chi connectivity index (χ4v) is 1.86. The summed E-state index contributed by atoms with van der Waals surface area (Å²) in [6.45, 7) is 4.20. The maximum atomic E-state index is 4.49. The SMILES string of the molecule is CCc1cccc(Nc2cc(NC)nc(CC)n2)c1. The number of rotatable bonds is 5.